The number of nitrogens with zero attached hydrogens (tertiary/aromatic N) is 4. The lowest BCUT2D eigenvalue weighted by atomic mass is 10.0. The average Bonchev–Trinajstić information content (AvgIpc) is 3.26. The molecule has 0 atom stereocenters. The van der Waals surface area contributed by atoms with Crippen LogP contribution in [0.2, 0.25) is 10.0 Å². The van der Waals surface area contributed by atoms with E-state index >= 15 is 0 Å². The van der Waals surface area contributed by atoms with E-state index in [9.17, 15) is 10.0 Å². The molecule has 1 fully saturated rings. The Morgan fingerprint density at radius 2 is 2.03 bits per heavy atom. The summed E-state index contributed by atoms with van der Waals surface area (Å²) in [5, 5.41) is 19.0. The standard InChI is InChI=1S/C21H21Cl2N5O2S2/c22-16-2-1-14(9-17(16)23)11-28(30)7-3-15(4-8-28)26-20(29)13-32-21-27-19(12-31-21)18-10-24-5-6-25-18/h1-2,5-6,9-10,12,15H,3-4,7-8,11,13H2,(H,26,29). The number of thioether (sulfide) groups is 1. The highest BCUT2D eigenvalue weighted by molar-refractivity contribution is 8.01. The molecule has 32 heavy (non-hydrogen) atoms. The summed E-state index contributed by atoms with van der Waals surface area (Å²) < 4.78 is 0.491. The van der Waals surface area contributed by atoms with Gasteiger partial charge in [-0.25, -0.2) is 4.98 Å². The number of carbonyl (C=O) groups is 1. The van der Waals surface area contributed by atoms with Gasteiger partial charge in [0.1, 0.15) is 17.9 Å². The second-order valence-electron chi connectivity index (χ2n) is 7.63. The van der Waals surface area contributed by atoms with Crippen molar-refractivity contribution in [1.82, 2.24) is 20.3 Å². The Morgan fingerprint density at radius 3 is 2.75 bits per heavy atom. The molecule has 2 aromatic heterocycles. The molecule has 0 saturated carbocycles. The molecule has 11 heteroatoms. The smallest absolute Gasteiger partial charge is 0.230 e. The number of quaternary nitrogens is 1. The Bertz CT molecular complexity index is 1080. The molecule has 0 spiro atoms. The van der Waals surface area contributed by atoms with Crippen molar-refractivity contribution in [3.05, 3.63) is 63.0 Å². The van der Waals surface area contributed by atoms with Crippen molar-refractivity contribution >= 4 is 52.2 Å². The topological polar surface area (TPSA) is 90.8 Å². The SMILES string of the molecule is O=C(CSc1nc(-c2cnccn2)cs1)NC1CC[N+]([O-])(Cc2ccc(Cl)c(Cl)c2)CC1. The van der Waals surface area contributed by atoms with Crippen LogP contribution >= 0.6 is 46.3 Å². The van der Waals surface area contributed by atoms with Crippen LogP contribution in [0.25, 0.3) is 11.4 Å². The molecule has 0 radical (unpaired) electrons. The van der Waals surface area contributed by atoms with E-state index in [0.717, 1.165) is 15.6 Å². The molecule has 7 nitrogen and oxygen atoms in total. The fraction of sp³-hybridized carbons (Fsp3) is 0.333. The van der Waals surface area contributed by atoms with Crippen LogP contribution < -0.4 is 5.32 Å². The number of halogens is 2. The maximum atomic E-state index is 13.1. The summed E-state index contributed by atoms with van der Waals surface area (Å²) in [5.41, 5.74) is 2.34. The van der Waals surface area contributed by atoms with Gasteiger partial charge in [-0.2, -0.15) is 0 Å². The van der Waals surface area contributed by atoms with Gasteiger partial charge in [0.2, 0.25) is 5.91 Å². The molecular formula is C21H21Cl2N5O2S2. The number of rotatable bonds is 7. The number of hydroxylamine groups is 3. The molecule has 1 aliphatic rings. The van der Waals surface area contributed by atoms with Crippen LogP contribution in [-0.4, -0.2) is 50.4 Å². The molecule has 0 bridgehead atoms. The minimum Gasteiger partial charge on any atom is -0.633 e. The van der Waals surface area contributed by atoms with Crippen LogP contribution in [0.4, 0.5) is 0 Å². The van der Waals surface area contributed by atoms with E-state index < -0.39 is 0 Å². The maximum absolute atomic E-state index is 13.1. The molecule has 1 amide bonds. The van der Waals surface area contributed by atoms with E-state index in [-0.39, 0.29) is 22.3 Å². The van der Waals surface area contributed by atoms with Gasteiger partial charge in [-0.15, -0.1) is 11.3 Å². The van der Waals surface area contributed by atoms with E-state index in [2.05, 4.69) is 20.3 Å². The number of hydrogen-bond donors (Lipinski definition) is 1. The highest BCUT2D eigenvalue weighted by Crippen LogP contribution is 2.28. The fourth-order valence-corrected chi connectivity index (χ4v) is 5.53. The van der Waals surface area contributed by atoms with Crippen molar-refractivity contribution in [3.8, 4) is 11.4 Å². The normalized spacial score (nSPS) is 20.8. The molecule has 1 saturated heterocycles. The molecule has 168 valence electrons. The molecule has 1 N–H and O–H groups in total. The van der Waals surface area contributed by atoms with E-state index in [1.807, 2.05) is 11.4 Å². The summed E-state index contributed by atoms with van der Waals surface area (Å²) in [6.45, 7) is 1.25. The maximum Gasteiger partial charge on any atom is 0.230 e. The highest BCUT2D eigenvalue weighted by Gasteiger charge is 2.28. The van der Waals surface area contributed by atoms with Gasteiger partial charge in [0.05, 0.1) is 35.1 Å². The summed E-state index contributed by atoms with van der Waals surface area (Å²) in [6.07, 6.45) is 6.20. The lowest BCUT2D eigenvalue weighted by molar-refractivity contribution is -0.898. The van der Waals surface area contributed by atoms with Crippen LogP contribution in [0.1, 0.15) is 18.4 Å². The summed E-state index contributed by atoms with van der Waals surface area (Å²) in [5.74, 6) is 0.233. The van der Waals surface area contributed by atoms with Crippen molar-refractivity contribution < 1.29 is 9.44 Å². The van der Waals surface area contributed by atoms with Gasteiger partial charge in [-0.05, 0) is 12.1 Å². The Morgan fingerprint density at radius 1 is 1.22 bits per heavy atom. The van der Waals surface area contributed by atoms with Gasteiger partial charge < -0.3 is 15.2 Å². The minimum atomic E-state index is -0.316. The number of benzene rings is 1. The molecule has 1 aromatic carbocycles. The zero-order valence-corrected chi connectivity index (χ0v) is 20.2. The summed E-state index contributed by atoms with van der Waals surface area (Å²) in [7, 11) is 0. The number of aromatic nitrogens is 3. The molecule has 0 aliphatic carbocycles. The van der Waals surface area contributed by atoms with Gasteiger partial charge in [0.25, 0.3) is 0 Å². The first-order valence-electron chi connectivity index (χ1n) is 10.1. The van der Waals surface area contributed by atoms with Crippen molar-refractivity contribution in [3.63, 3.8) is 0 Å². The summed E-state index contributed by atoms with van der Waals surface area (Å²) in [4.78, 5) is 25.2. The van der Waals surface area contributed by atoms with Crippen LogP contribution in [0.3, 0.4) is 0 Å². The third-order valence-electron chi connectivity index (χ3n) is 5.23. The second-order valence-corrected chi connectivity index (χ2v) is 10.5. The van der Waals surface area contributed by atoms with Gasteiger partial charge >= 0.3 is 0 Å². The van der Waals surface area contributed by atoms with E-state index in [0.29, 0.717) is 48.2 Å². The Hall–Kier alpha value is -1.75. The molecule has 3 heterocycles. The van der Waals surface area contributed by atoms with Crippen molar-refractivity contribution in [1.29, 1.82) is 0 Å². The first-order valence-corrected chi connectivity index (χ1v) is 12.7. The van der Waals surface area contributed by atoms with Crippen molar-refractivity contribution in [2.75, 3.05) is 18.8 Å². The Kier molecular flexibility index (Phi) is 7.65. The first kappa shape index (κ1) is 23.4. The van der Waals surface area contributed by atoms with E-state index in [4.69, 9.17) is 23.2 Å². The van der Waals surface area contributed by atoms with Crippen LogP contribution in [-0.2, 0) is 11.3 Å². The minimum absolute atomic E-state index is 0.0172. The second kappa shape index (κ2) is 10.5. The monoisotopic (exact) mass is 509 g/mol. The lowest BCUT2D eigenvalue weighted by Crippen LogP contribution is -2.52. The van der Waals surface area contributed by atoms with Gasteiger partial charge in [0.15, 0.2) is 4.34 Å². The quantitative estimate of drug-likeness (QED) is 0.279. The Labute approximate surface area is 204 Å². The van der Waals surface area contributed by atoms with Crippen LogP contribution in [0.15, 0.2) is 46.5 Å². The summed E-state index contributed by atoms with van der Waals surface area (Å²) >= 11 is 14.9. The molecule has 4 rings (SSSR count). The predicted molar refractivity (Wildman–Crippen MR) is 129 cm³/mol. The largest absolute Gasteiger partial charge is 0.633 e. The van der Waals surface area contributed by atoms with E-state index in [1.54, 1.807) is 30.7 Å². The van der Waals surface area contributed by atoms with Crippen molar-refractivity contribution in [2.45, 2.75) is 29.8 Å². The number of piperidine rings is 1. The van der Waals surface area contributed by atoms with Gasteiger partial charge in [0, 0.05) is 42.2 Å². The number of carbonyl (C=O) groups excluding carboxylic acids is 1. The molecule has 1 aliphatic heterocycles. The fourth-order valence-electron chi connectivity index (χ4n) is 3.58. The number of amides is 1. The Balaban J connectivity index is 1.22. The van der Waals surface area contributed by atoms with E-state index in [1.165, 1.54) is 23.1 Å². The van der Waals surface area contributed by atoms with Crippen LogP contribution in [0.5, 0.6) is 0 Å². The number of thiazole rings is 1. The van der Waals surface area contributed by atoms with Crippen molar-refractivity contribution in [2.24, 2.45) is 0 Å². The van der Waals surface area contributed by atoms with Gasteiger partial charge in [-0.3, -0.25) is 14.8 Å². The molecule has 3 aromatic rings. The highest BCUT2D eigenvalue weighted by atomic mass is 35.5. The van der Waals surface area contributed by atoms with Gasteiger partial charge in [-0.1, -0.05) is 41.0 Å². The first-order chi connectivity index (χ1) is 15.4. The average molecular weight is 510 g/mol. The lowest BCUT2D eigenvalue weighted by Gasteiger charge is -2.47. The molecule has 0 unspecified atom stereocenters. The number of likely N-dealkylation sites (tertiary alicyclic amines) is 1. The zero-order valence-electron chi connectivity index (χ0n) is 17.0. The van der Waals surface area contributed by atoms with Crippen LogP contribution in [0, 0.1) is 5.21 Å². The zero-order chi connectivity index (χ0) is 22.6. The third-order valence-corrected chi connectivity index (χ3v) is 7.99. The number of hydrogen-bond acceptors (Lipinski definition) is 7. The summed E-state index contributed by atoms with van der Waals surface area (Å²) in [6, 6.07) is 5.32. The number of nitrogens with one attached hydrogen (secondary N) is 1. The predicted octanol–water partition coefficient (Wildman–Crippen LogP) is 4.79. The third kappa shape index (κ3) is 6.18. The molecular weight excluding hydrogens is 489 g/mol.